The fourth-order valence-electron chi connectivity index (χ4n) is 2.03. The van der Waals surface area contributed by atoms with Crippen LogP contribution in [0.15, 0.2) is 36.4 Å². The summed E-state index contributed by atoms with van der Waals surface area (Å²) in [5.74, 6) is 0. The summed E-state index contributed by atoms with van der Waals surface area (Å²) in [7, 11) is 0. The second-order valence-corrected chi connectivity index (χ2v) is 4.48. The molecular formula is C14H14O. The van der Waals surface area contributed by atoms with Crippen molar-refractivity contribution in [3.8, 4) is 0 Å². The zero-order chi connectivity index (χ0) is 10.3. The first kappa shape index (κ1) is 8.93. The quantitative estimate of drug-likeness (QED) is 0.631. The molecule has 1 heterocycles. The van der Waals surface area contributed by atoms with E-state index in [-0.39, 0.29) is 5.41 Å². The Balaban J connectivity index is 2.05. The number of ether oxygens (including phenoxy) is 1. The minimum Gasteiger partial charge on any atom is -0.372 e. The Morgan fingerprint density at radius 3 is 2.13 bits per heavy atom. The summed E-state index contributed by atoms with van der Waals surface area (Å²) < 4.78 is 5.40. The highest BCUT2D eigenvalue weighted by Crippen LogP contribution is 2.38. The molecule has 1 saturated heterocycles. The lowest BCUT2D eigenvalue weighted by molar-refractivity contribution is 0.324. The van der Waals surface area contributed by atoms with Crippen LogP contribution in [0.4, 0.5) is 0 Å². The number of rotatable bonds is 1. The molecule has 1 atom stereocenters. The Labute approximate surface area is 90.1 Å². The van der Waals surface area contributed by atoms with Gasteiger partial charge < -0.3 is 4.74 Å². The van der Waals surface area contributed by atoms with E-state index in [0.717, 1.165) is 6.61 Å². The van der Waals surface area contributed by atoms with E-state index < -0.39 is 0 Å². The van der Waals surface area contributed by atoms with E-state index in [1.165, 1.54) is 11.1 Å². The molecule has 0 N–H and O–H groups in total. The van der Waals surface area contributed by atoms with E-state index in [1.54, 1.807) is 0 Å². The van der Waals surface area contributed by atoms with Crippen LogP contribution in [-0.2, 0) is 4.74 Å². The van der Waals surface area contributed by atoms with Crippen LogP contribution >= 0.6 is 0 Å². The highest BCUT2D eigenvalue weighted by molar-refractivity contribution is 5.68. The molecule has 76 valence electrons. The monoisotopic (exact) mass is 198 g/mol. The molecule has 1 nitrogen and oxygen atoms in total. The topological polar surface area (TPSA) is 12.5 Å². The van der Waals surface area contributed by atoms with Crippen molar-refractivity contribution >= 4 is 12.2 Å². The molecule has 3 rings (SSSR count). The Morgan fingerprint density at radius 1 is 1.13 bits per heavy atom. The first-order chi connectivity index (χ1) is 7.28. The average Bonchev–Trinajstić information content (AvgIpc) is 3.07. The first-order valence-electron chi connectivity index (χ1n) is 5.37. The molecule has 1 aromatic carbocycles. The van der Waals surface area contributed by atoms with Gasteiger partial charge in [-0.25, -0.2) is 0 Å². The smallest absolute Gasteiger partial charge is 0.0932 e. The van der Waals surface area contributed by atoms with E-state index in [9.17, 15) is 0 Å². The first-order valence-corrected chi connectivity index (χ1v) is 5.37. The molecular weight excluding hydrogens is 184 g/mol. The standard InChI is InChI=1S/C14H14O/c1-14(13-10-15-13)8-6-11-4-2-3-5-12(11)7-9-14/h2-9,13H,10H2,1H3. The lowest BCUT2D eigenvalue weighted by atomic mass is 9.86. The fourth-order valence-corrected chi connectivity index (χ4v) is 2.03. The van der Waals surface area contributed by atoms with Crippen LogP contribution in [0.2, 0.25) is 0 Å². The fraction of sp³-hybridized carbons (Fsp3) is 0.286. The molecule has 15 heavy (non-hydrogen) atoms. The molecule has 1 unspecified atom stereocenters. The summed E-state index contributed by atoms with van der Waals surface area (Å²) in [4.78, 5) is 0. The maximum atomic E-state index is 5.40. The van der Waals surface area contributed by atoms with Gasteiger partial charge in [0, 0.05) is 5.41 Å². The maximum absolute atomic E-state index is 5.40. The summed E-state index contributed by atoms with van der Waals surface area (Å²) in [5.41, 5.74) is 2.65. The van der Waals surface area contributed by atoms with Gasteiger partial charge in [0.15, 0.2) is 0 Å². The van der Waals surface area contributed by atoms with Crippen LogP contribution in [0.3, 0.4) is 0 Å². The van der Waals surface area contributed by atoms with Crippen molar-refractivity contribution in [3.05, 3.63) is 47.5 Å². The second kappa shape index (κ2) is 3.07. The molecule has 1 aliphatic heterocycles. The number of hydrogen-bond acceptors (Lipinski definition) is 1. The number of hydrogen-bond donors (Lipinski definition) is 0. The summed E-state index contributed by atoms with van der Waals surface area (Å²) in [5, 5.41) is 0. The van der Waals surface area contributed by atoms with E-state index in [1.807, 2.05) is 0 Å². The van der Waals surface area contributed by atoms with Gasteiger partial charge in [0.1, 0.15) is 0 Å². The summed E-state index contributed by atoms with van der Waals surface area (Å²) >= 11 is 0. The second-order valence-electron chi connectivity index (χ2n) is 4.48. The van der Waals surface area contributed by atoms with Crippen molar-refractivity contribution in [2.45, 2.75) is 13.0 Å². The van der Waals surface area contributed by atoms with Crippen molar-refractivity contribution in [2.24, 2.45) is 5.41 Å². The molecule has 1 aromatic rings. The van der Waals surface area contributed by atoms with Gasteiger partial charge >= 0.3 is 0 Å². The van der Waals surface area contributed by atoms with Crippen LogP contribution in [0.1, 0.15) is 18.1 Å². The van der Waals surface area contributed by atoms with Gasteiger partial charge in [-0.05, 0) is 18.1 Å². The Kier molecular flexibility index (Phi) is 1.83. The molecule has 1 heteroatoms. The Hall–Kier alpha value is -1.34. The van der Waals surface area contributed by atoms with E-state index in [2.05, 4.69) is 55.5 Å². The molecule has 2 aliphatic rings. The van der Waals surface area contributed by atoms with Gasteiger partial charge in [-0.3, -0.25) is 0 Å². The van der Waals surface area contributed by atoms with Gasteiger partial charge in [0.25, 0.3) is 0 Å². The lowest BCUT2D eigenvalue weighted by Crippen LogP contribution is -2.16. The van der Waals surface area contributed by atoms with E-state index in [4.69, 9.17) is 4.74 Å². The molecule has 0 saturated carbocycles. The van der Waals surface area contributed by atoms with Crippen molar-refractivity contribution < 1.29 is 4.74 Å². The van der Waals surface area contributed by atoms with Gasteiger partial charge in [0.05, 0.1) is 12.7 Å². The molecule has 1 aliphatic carbocycles. The SMILES string of the molecule is CC1(C2CO2)C=Cc2ccccc2C=C1. The predicted molar refractivity (Wildman–Crippen MR) is 62.4 cm³/mol. The average molecular weight is 198 g/mol. The minimum atomic E-state index is 0.0685. The van der Waals surface area contributed by atoms with Crippen LogP contribution < -0.4 is 0 Å². The number of benzene rings is 1. The molecule has 0 spiro atoms. The third kappa shape index (κ3) is 1.53. The van der Waals surface area contributed by atoms with Gasteiger partial charge in [0.2, 0.25) is 0 Å². The number of epoxide rings is 1. The van der Waals surface area contributed by atoms with E-state index >= 15 is 0 Å². The summed E-state index contributed by atoms with van der Waals surface area (Å²) in [6.45, 7) is 3.12. The third-order valence-electron chi connectivity index (χ3n) is 3.27. The zero-order valence-electron chi connectivity index (χ0n) is 8.81. The molecule has 0 bridgehead atoms. The van der Waals surface area contributed by atoms with Crippen LogP contribution in [0.5, 0.6) is 0 Å². The zero-order valence-corrected chi connectivity index (χ0v) is 8.81. The molecule has 1 fully saturated rings. The molecule has 0 radical (unpaired) electrons. The minimum absolute atomic E-state index is 0.0685. The summed E-state index contributed by atoms with van der Waals surface area (Å²) in [6.07, 6.45) is 9.30. The van der Waals surface area contributed by atoms with Crippen molar-refractivity contribution in [3.63, 3.8) is 0 Å². The van der Waals surface area contributed by atoms with Crippen molar-refractivity contribution in [2.75, 3.05) is 6.61 Å². The molecule has 0 amide bonds. The molecule has 0 aromatic heterocycles. The highest BCUT2D eigenvalue weighted by Gasteiger charge is 2.39. The van der Waals surface area contributed by atoms with Crippen LogP contribution in [0.25, 0.3) is 12.2 Å². The maximum Gasteiger partial charge on any atom is 0.0932 e. The van der Waals surface area contributed by atoms with Gasteiger partial charge in [-0.15, -0.1) is 0 Å². The van der Waals surface area contributed by atoms with Gasteiger partial charge in [-0.2, -0.15) is 0 Å². The van der Waals surface area contributed by atoms with Crippen molar-refractivity contribution in [1.29, 1.82) is 0 Å². The van der Waals surface area contributed by atoms with Crippen LogP contribution in [-0.4, -0.2) is 12.7 Å². The normalized spacial score (nSPS) is 25.8. The summed E-state index contributed by atoms with van der Waals surface area (Å²) in [6, 6.07) is 8.45. The Morgan fingerprint density at radius 2 is 1.67 bits per heavy atom. The van der Waals surface area contributed by atoms with E-state index in [0.29, 0.717) is 6.10 Å². The Bertz CT molecular complexity index is 405. The number of fused-ring (bicyclic) bond motifs is 1. The highest BCUT2D eigenvalue weighted by atomic mass is 16.6. The van der Waals surface area contributed by atoms with Crippen LogP contribution in [0, 0.1) is 5.41 Å². The van der Waals surface area contributed by atoms with Gasteiger partial charge in [-0.1, -0.05) is 48.6 Å². The largest absolute Gasteiger partial charge is 0.372 e. The third-order valence-corrected chi connectivity index (χ3v) is 3.27. The van der Waals surface area contributed by atoms with Crippen molar-refractivity contribution in [1.82, 2.24) is 0 Å². The lowest BCUT2D eigenvalue weighted by Gasteiger charge is -2.17. The predicted octanol–water partition coefficient (Wildman–Crippen LogP) is 3.13.